The minimum Gasteiger partial charge on any atom is -0.150 e. The van der Waals surface area contributed by atoms with Crippen LogP contribution in [0.4, 0.5) is 0 Å². The third-order valence-electron chi connectivity index (χ3n) is 1.04. The molecule has 1 rings (SSSR count). The van der Waals surface area contributed by atoms with Crippen molar-refractivity contribution in [2.45, 2.75) is 18.2 Å². The second-order valence-electron chi connectivity index (χ2n) is 1.93. The lowest BCUT2D eigenvalue weighted by Crippen LogP contribution is -1.71. The first kappa shape index (κ1) is 8.62. The quantitative estimate of drug-likeness (QED) is 0.715. The Morgan fingerprint density at radius 3 is 2.90 bits per heavy atom. The molecule has 1 aromatic rings. The molecule has 0 aliphatic rings. The Balaban J connectivity index is 2.49. The van der Waals surface area contributed by atoms with E-state index in [0.29, 0.717) is 0 Å². The molecule has 1 aromatic heterocycles. The summed E-state index contributed by atoms with van der Waals surface area (Å²) in [5, 5.41) is 4.31. The molecule has 0 aromatic carbocycles. The first-order valence-corrected chi connectivity index (χ1v) is 5.91. The van der Waals surface area contributed by atoms with Crippen LogP contribution < -0.4 is 0 Å². The molecule has 0 amide bonds. The van der Waals surface area contributed by atoms with E-state index in [-0.39, 0.29) is 0 Å². The largest absolute Gasteiger partial charge is 0.150 e. The molecule has 0 N–H and O–H groups in total. The molecule has 0 unspecified atom stereocenters. The molecule has 0 aliphatic carbocycles. The number of hydrogen-bond donors (Lipinski definition) is 0. The van der Waals surface area contributed by atoms with Crippen molar-refractivity contribution in [2.75, 3.05) is 5.75 Å². The van der Waals surface area contributed by atoms with E-state index in [1.165, 1.54) is 21.5 Å². The van der Waals surface area contributed by atoms with Crippen molar-refractivity contribution in [3.8, 4) is 0 Å². The summed E-state index contributed by atoms with van der Waals surface area (Å²) < 4.78 is 1.25. The highest BCUT2D eigenvalue weighted by Crippen LogP contribution is 2.30. The van der Waals surface area contributed by atoms with Crippen LogP contribution in [-0.2, 0) is 0 Å². The fraction of sp³-hybridized carbons (Fsp3) is 0.429. The number of hydrogen-bond acceptors (Lipinski definition) is 2. The maximum atomic E-state index is 3.49. The Kier molecular flexibility index (Phi) is 3.81. The fourth-order valence-corrected chi connectivity index (χ4v) is 3.22. The second kappa shape index (κ2) is 4.42. The zero-order chi connectivity index (χ0) is 7.40. The van der Waals surface area contributed by atoms with Gasteiger partial charge in [0.05, 0.1) is 0 Å². The van der Waals surface area contributed by atoms with Crippen LogP contribution in [0.1, 0.15) is 13.3 Å². The first-order valence-electron chi connectivity index (χ1n) is 3.19. The summed E-state index contributed by atoms with van der Waals surface area (Å²) in [6, 6.07) is 0. The molecule has 0 radical (unpaired) electrons. The van der Waals surface area contributed by atoms with Crippen molar-refractivity contribution in [3.05, 3.63) is 15.2 Å². The molecule has 0 saturated heterocycles. The number of thiophene rings is 1. The lowest BCUT2D eigenvalue weighted by molar-refractivity contribution is 1.10. The van der Waals surface area contributed by atoms with Gasteiger partial charge in [-0.15, -0.1) is 11.8 Å². The van der Waals surface area contributed by atoms with Crippen LogP contribution in [0.3, 0.4) is 0 Å². The summed E-state index contributed by atoms with van der Waals surface area (Å²) in [7, 11) is 0. The van der Waals surface area contributed by atoms with Gasteiger partial charge in [0.25, 0.3) is 0 Å². The van der Waals surface area contributed by atoms with Gasteiger partial charge in [0.2, 0.25) is 0 Å². The van der Waals surface area contributed by atoms with E-state index in [0.717, 1.165) is 0 Å². The average molecular weight is 237 g/mol. The van der Waals surface area contributed by atoms with Gasteiger partial charge < -0.3 is 0 Å². The molecule has 0 spiro atoms. The maximum absolute atomic E-state index is 3.49. The van der Waals surface area contributed by atoms with Crippen LogP contribution in [0, 0.1) is 0 Å². The van der Waals surface area contributed by atoms with Crippen molar-refractivity contribution < 1.29 is 0 Å². The minimum absolute atomic E-state index is 1.22. The molecule has 0 fully saturated rings. The van der Waals surface area contributed by atoms with Crippen LogP contribution in [0.5, 0.6) is 0 Å². The van der Waals surface area contributed by atoms with Gasteiger partial charge in [0.15, 0.2) is 0 Å². The van der Waals surface area contributed by atoms with E-state index in [1.54, 1.807) is 11.3 Å². The Hall–Kier alpha value is 0.530. The van der Waals surface area contributed by atoms with Crippen molar-refractivity contribution >= 4 is 39.0 Å². The Bertz CT molecular complexity index is 195. The first-order chi connectivity index (χ1) is 4.84. The Morgan fingerprint density at radius 2 is 2.40 bits per heavy atom. The van der Waals surface area contributed by atoms with Gasteiger partial charge in [-0.25, -0.2) is 0 Å². The molecule has 56 valence electrons. The van der Waals surface area contributed by atoms with Crippen molar-refractivity contribution in [1.82, 2.24) is 0 Å². The van der Waals surface area contributed by atoms with Gasteiger partial charge in [-0.3, -0.25) is 0 Å². The standard InChI is InChI=1S/C7H9BrS2/c1-2-3-10-7-5-9-4-6(7)8/h4-5H,2-3H2,1H3. The maximum Gasteiger partial charge on any atom is 0.0418 e. The molecule has 0 nitrogen and oxygen atoms in total. The van der Waals surface area contributed by atoms with Crippen LogP contribution in [0.2, 0.25) is 0 Å². The summed E-state index contributed by atoms with van der Waals surface area (Å²) in [6.07, 6.45) is 1.24. The van der Waals surface area contributed by atoms with E-state index >= 15 is 0 Å². The summed E-state index contributed by atoms with van der Waals surface area (Å²) in [5.74, 6) is 1.22. The summed E-state index contributed by atoms with van der Waals surface area (Å²) in [5.41, 5.74) is 0. The van der Waals surface area contributed by atoms with Crippen molar-refractivity contribution in [2.24, 2.45) is 0 Å². The highest BCUT2D eigenvalue weighted by atomic mass is 79.9. The van der Waals surface area contributed by atoms with E-state index in [1.807, 2.05) is 11.8 Å². The fourth-order valence-electron chi connectivity index (χ4n) is 0.585. The van der Waals surface area contributed by atoms with Gasteiger partial charge in [-0.1, -0.05) is 6.92 Å². The van der Waals surface area contributed by atoms with Crippen LogP contribution >= 0.6 is 39.0 Å². The number of halogens is 1. The van der Waals surface area contributed by atoms with Crippen molar-refractivity contribution in [3.63, 3.8) is 0 Å². The Morgan fingerprint density at radius 1 is 1.60 bits per heavy atom. The SMILES string of the molecule is CCCSc1cscc1Br. The third kappa shape index (κ3) is 2.29. The van der Waals surface area contributed by atoms with Crippen molar-refractivity contribution in [1.29, 1.82) is 0 Å². The van der Waals surface area contributed by atoms with Crippen LogP contribution in [-0.4, -0.2) is 5.75 Å². The highest BCUT2D eigenvalue weighted by molar-refractivity contribution is 9.10. The number of thioether (sulfide) groups is 1. The predicted molar refractivity (Wildman–Crippen MR) is 53.0 cm³/mol. The zero-order valence-electron chi connectivity index (χ0n) is 5.76. The van der Waals surface area contributed by atoms with E-state index in [4.69, 9.17) is 0 Å². The molecule has 10 heavy (non-hydrogen) atoms. The normalized spacial score (nSPS) is 10.2. The molecule has 1 heterocycles. The van der Waals surface area contributed by atoms with Gasteiger partial charge in [-0.2, -0.15) is 11.3 Å². The summed E-state index contributed by atoms with van der Waals surface area (Å²) in [6.45, 7) is 2.20. The van der Waals surface area contributed by atoms with Gasteiger partial charge >= 0.3 is 0 Å². The van der Waals surface area contributed by atoms with Gasteiger partial charge in [0.1, 0.15) is 0 Å². The molecular formula is C7H9BrS2. The smallest absolute Gasteiger partial charge is 0.0418 e. The predicted octanol–water partition coefficient (Wildman–Crippen LogP) is 4.01. The lowest BCUT2D eigenvalue weighted by atomic mass is 10.6. The lowest BCUT2D eigenvalue weighted by Gasteiger charge is -1.94. The highest BCUT2D eigenvalue weighted by Gasteiger charge is 1.98. The molecule has 0 atom stereocenters. The van der Waals surface area contributed by atoms with E-state index in [9.17, 15) is 0 Å². The minimum atomic E-state index is 1.22. The average Bonchev–Trinajstić information content (AvgIpc) is 2.31. The van der Waals surface area contributed by atoms with Gasteiger partial charge in [0, 0.05) is 20.1 Å². The molecule has 3 heteroatoms. The molecule has 0 saturated carbocycles. The third-order valence-corrected chi connectivity index (χ3v) is 4.42. The molecular weight excluding hydrogens is 228 g/mol. The number of rotatable bonds is 3. The second-order valence-corrected chi connectivity index (χ2v) is 4.67. The van der Waals surface area contributed by atoms with Crippen LogP contribution in [0.25, 0.3) is 0 Å². The monoisotopic (exact) mass is 236 g/mol. The summed E-state index contributed by atoms with van der Waals surface area (Å²) >= 11 is 7.15. The topological polar surface area (TPSA) is 0 Å². The van der Waals surface area contributed by atoms with E-state index in [2.05, 4.69) is 33.6 Å². The van der Waals surface area contributed by atoms with E-state index < -0.39 is 0 Å². The zero-order valence-corrected chi connectivity index (χ0v) is 8.98. The molecule has 0 bridgehead atoms. The Labute approximate surface area is 78.2 Å². The molecule has 0 aliphatic heterocycles. The summed E-state index contributed by atoms with van der Waals surface area (Å²) in [4.78, 5) is 1.38. The van der Waals surface area contributed by atoms with Crippen LogP contribution in [0.15, 0.2) is 20.1 Å². The van der Waals surface area contributed by atoms with Gasteiger partial charge in [-0.05, 0) is 28.1 Å².